The summed E-state index contributed by atoms with van der Waals surface area (Å²) in [4.78, 5) is 21.6. The molecule has 2 aromatic carbocycles. The molecule has 0 bridgehead atoms. The number of nitrogens with zero attached hydrogens (tertiary/aromatic N) is 3. The molecule has 2 heterocycles. The molecule has 0 aliphatic carbocycles. The van der Waals surface area contributed by atoms with Crippen LogP contribution in [0.1, 0.15) is 23.7 Å². The van der Waals surface area contributed by atoms with E-state index in [1.165, 1.54) is 12.1 Å². The van der Waals surface area contributed by atoms with Crippen molar-refractivity contribution in [3.05, 3.63) is 65.7 Å². The van der Waals surface area contributed by atoms with Gasteiger partial charge in [-0.2, -0.15) is 0 Å². The first-order valence-corrected chi connectivity index (χ1v) is 13.1. The van der Waals surface area contributed by atoms with Gasteiger partial charge in [-0.05, 0) is 55.8 Å². The van der Waals surface area contributed by atoms with Crippen molar-refractivity contribution in [1.82, 2.24) is 9.88 Å². The van der Waals surface area contributed by atoms with Crippen LogP contribution in [0.2, 0.25) is 0 Å². The van der Waals surface area contributed by atoms with Crippen molar-refractivity contribution in [2.45, 2.75) is 18.2 Å². The van der Waals surface area contributed by atoms with Crippen molar-refractivity contribution >= 4 is 38.1 Å². The molecule has 0 atom stereocenters. The number of carbonyl (C=O) groups excluding carboxylic acids is 1. The lowest BCUT2D eigenvalue weighted by atomic mass is 10.1. The largest absolute Gasteiger partial charge is 0.494 e. The molecule has 1 aliphatic rings. The second-order valence-electron chi connectivity index (χ2n) is 7.54. The minimum absolute atomic E-state index is 0.113. The standard InChI is InChI=1S/C23H26N4O4S2/c1-2-31-20-7-9-21(10-8-20)33(29,30)25-19-6-3-5-18(17-19)22(28)26-12-4-13-27(15-14-26)23-24-11-16-32-23/h3,5-11,16-17,25H,2,4,12-15H2,1H3. The minimum atomic E-state index is -3.79. The van der Waals surface area contributed by atoms with Crippen LogP contribution in [0.4, 0.5) is 10.8 Å². The number of hydrogen-bond acceptors (Lipinski definition) is 7. The van der Waals surface area contributed by atoms with E-state index >= 15 is 0 Å². The summed E-state index contributed by atoms with van der Waals surface area (Å²) in [6.07, 6.45) is 2.63. The third-order valence-electron chi connectivity index (χ3n) is 5.28. The molecular formula is C23H26N4O4S2. The number of rotatable bonds is 7. The zero-order valence-electron chi connectivity index (χ0n) is 18.3. The van der Waals surface area contributed by atoms with E-state index in [4.69, 9.17) is 4.74 Å². The predicted octanol–water partition coefficient (Wildman–Crippen LogP) is 3.70. The number of thiazole rings is 1. The maximum atomic E-state index is 13.1. The molecule has 174 valence electrons. The van der Waals surface area contributed by atoms with Gasteiger partial charge >= 0.3 is 0 Å². The fraction of sp³-hybridized carbons (Fsp3) is 0.304. The molecule has 1 amide bonds. The summed E-state index contributed by atoms with van der Waals surface area (Å²) in [5, 5.41) is 2.92. The van der Waals surface area contributed by atoms with E-state index < -0.39 is 10.0 Å². The molecule has 1 aliphatic heterocycles. The zero-order chi connectivity index (χ0) is 23.3. The lowest BCUT2D eigenvalue weighted by Crippen LogP contribution is -2.35. The quantitative estimate of drug-likeness (QED) is 0.548. The summed E-state index contributed by atoms with van der Waals surface area (Å²) < 4.78 is 33.5. The topological polar surface area (TPSA) is 91.8 Å². The molecule has 8 nitrogen and oxygen atoms in total. The molecule has 1 aromatic heterocycles. The highest BCUT2D eigenvalue weighted by atomic mass is 32.2. The highest BCUT2D eigenvalue weighted by Gasteiger charge is 2.22. The Bertz CT molecular complexity index is 1180. The molecule has 4 rings (SSSR count). The van der Waals surface area contributed by atoms with Gasteiger partial charge in [-0.1, -0.05) is 6.07 Å². The van der Waals surface area contributed by atoms with Crippen molar-refractivity contribution in [3.8, 4) is 5.75 Å². The van der Waals surface area contributed by atoms with E-state index in [0.717, 1.165) is 18.1 Å². The van der Waals surface area contributed by atoms with Crippen LogP contribution in [0.3, 0.4) is 0 Å². The van der Waals surface area contributed by atoms with Gasteiger partial charge in [0.1, 0.15) is 5.75 Å². The number of carbonyl (C=O) groups is 1. The highest BCUT2D eigenvalue weighted by Crippen LogP contribution is 2.22. The Balaban J connectivity index is 1.44. The Morgan fingerprint density at radius 1 is 1.12 bits per heavy atom. The van der Waals surface area contributed by atoms with Gasteiger partial charge in [-0.3, -0.25) is 9.52 Å². The molecule has 3 aromatic rings. The smallest absolute Gasteiger partial charge is 0.261 e. The summed E-state index contributed by atoms with van der Waals surface area (Å²) in [6.45, 7) is 5.15. The normalized spacial score (nSPS) is 14.6. The number of benzene rings is 2. The second-order valence-corrected chi connectivity index (χ2v) is 10.1. The summed E-state index contributed by atoms with van der Waals surface area (Å²) in [6, 6.07) is 12.8. The number of amides is 1. The summed E-state index contributed by atoms with van der Waals surface area (Å²) >= 11 is 1.59. The van der Waals surface area contributed by atoms with E-state index in [0.29, 0.717) is 43.2 Å². The van der Waals surface area contributed by atoms with E-state index in [-0.39, 0.29) is 10.8 Å². The fourth-order valence-corrected chi connectivity index (χ4v) is 5.42. The molecule has 0 spiro atoms. The first kappa shape index (κ1) is 23.1. The summed E-state index contributed by atoms with van der Waals surface area (Å²) in [5.41, 5.74) is 0.790. The minimum Gasteiger partial charge on any atom is -0.494 e. The van der Waals surface area contributed by atoms with Crippen LogP contribution in [0.25, 0.3) is 0 Å². The van der Waals surface area contributed by atoms with Crippen LogP contribution >= 0.6 is 11.3 Å². The molecule has 1 fully saturated rings. The molecule has 1 N–H and O–H groups in total. The lowest BCUT2D eigenvalue weighted by Gasteiger charge is -2.22. The third-order valence-corrected chi connectivity index (χ3v) is 7.51. The van der Waals surface area contributed by atoms with E-state index in [9.17, 15) is 13.2 Å². The molecular weight excluding hydrogens is 460 g/mol. The van der Waals surface area contributed by atoms with Gasteiger partial charge in [0, 0.05) is 49.0 Å². The third kappa shape index (κ3) is 5.63. The Hall–Kier alpha value is -3.11. The van der Waals surface area contributed by atoms with Crippen LogP contribution in [-0.2, 0) is 10.0 Å². The van der Waals surface area contributed by atoms with Gasteiger partial charge in [-0.25, -0.2) is 13.4 Å². The van der Waals surface area contributed by atoms with Crippen molar-refractivity contribution in [2.75, 3.05) is 42.4 Å². The molecule has 0 saturated carbocycles. The van der Waals surface area contributed by atoms with Crippen LogP contribution < -0.4 is 14.4 Å². The Morgan fingerprint density at radius 2 is 1.94 bits per heavy atom. The Kier molecular flexibility index (Phi) is 7.14. The van der Waals surface area contributed by atoms with Crippen LogP contribution in [0.5, 0.6) is 5.75 Å². The van der Waals surface area contributed by atoms with Crippen molar-refractivity contribution in [2.24, 2.45) is 0 Å². The predicted molar refractivity (Wildman–Crippen MR) is 130 cm³/mol. The van der Waals surface area contributed by atoms with Crippen LogP contribution in [-0.4, -0.2) is 57.0 Å². The maximum absolute atomic E-state index is 13.1. The Morgan fingerprint density at radius 3 is 2.67 bits per heavy atom. The van der Waals surface area contributed by atoms with Crippen LogP contribution in [0.15, 0.2) is 65.0 Å². The van der Waals surface area contributed by atoms with Crippen molar-refractivity contribution < 1.29 is 17.9 Å². The summed E-state index contributed by atoms with van der Waals surface area (Å²) in [5.74, 6) is 0.494. The van der Waals surface area contributed by atoms with Crippen molar-refractivity contribution in [1.29, 1.82) is 0 Å². The number of nitrogens with one attached hydrogen (secondary N) is 1. The van der Waals surface area contributed by atoms with Gasteiger partial charge in [-0.15, -0.1) is 11.3 Å². The fourth-order valence-electron chi connectivity index (χ4n) is 3.68. The molecule has 10 heteroatoms. The average Bonchev–Trinajstić information content (AvgIpc) is 3.24. The van der Waals surface area contributed by atoms with E-state index in [1.807, 2.05) is 17.2 Å². The SMILES string of the molecule is CCOc1ccc(S(=O)(=O)Nc2cccc(C(=O)N3CCCN(c4nccs4)CC3)c2)cc1. The van der Waals surface area contributed by atoms with E-state index in [1.54, 1.807) is 53.9 Å². The first-order chi connectivity index (χ1) is 16.0. The van der Waals surface area contributed by atoms with E-state index in [2.05, 4.69) is 14.6 Å². The molecule has 1 saturated heterocycles. The van der Waals surface area contributed by atoms with Gasteiger partial charge in [0.2, 0.25) is 0 Å². The molecule has 0 unspecified atom stereocenters. The van der Waals surface area contributed by atoms with Gasteiger partial charge in [0.25, 0.3) is 15.9 Å². The lowest BCUT2D eigenvalue weighted by molar-refractivity contribution is 0.0767. The van der Waals surface area contributed by atoms with Crippen LogP contribution in [0, 0.1) is 0 Å². The highest BCUT2D eigenvalue weighted by molar-refractivity contribution is 7.92. The second kappa shape index (κ2) is 10.2. The average molecular weight is 487 g/mol. The zero-order valence-corrected chi connectivity index (χ0v) is 19.9. The molecule has 0 radical (unpaired) electrons. The monoisotopic (exact) mass is 486 g/mol. The number of sulfonamides is 1. The van der Waals surface area contributed by atoms with Gasteiger partial charge in [0.15, 0.2) is 5.13 Å². The number of hydrogen-bond donors (Lipinski definition) is 1. The maximum Gasteiger partial charge on any atom is 0.261 e. The number of ether oxygens (including phenoxy) is 1. The Labute approximate surface area is 197 Å². The molecule has 33 heavy (non-hydrogen) atoms. The van der Waals surface area contributed by atoms with Crippen molar-refractivity contribution in [3.63, 3.8) is 0 Å². The van der Waals surface area contributed by atoms with Gasteiger partial charge < -0.3 is 14.5 Å². The number of anilines is 2. The summed E-state index contributed by atoms with van der Waals surface area (Å²) in [7, 11) is -3.79. The van der Waals surface area contributed by atoms with Gasteiger partial charge in [0.05, 0.1) is 11.5 Å². The first-order valence-electron chi connectivity index (χ1n) is 10.8. The number of aromatic nitrogens is 1.